The quantitative estimate of drug-likeness (QED) is 0.381. The van der Waals surface area contributed by atoms with Crippen LogP contribution in [0.2, 0.25) is 5.02 Å². The van der Waals surface area contributed by atoms with Crippen molar-refractivity contribution in [2.45, 2.75) is 25.5 Å². The predicted molar refractivity (Wildman–Crippen MR) is 132 cm³/mol. The fraction of sp³-hybridized carbons (Fsp3) is 0.143. The van der Waals surface area contributed by atoms with Crippen molar-refractivity contribution < 1.29 is 14.7 Å². The lowest BCUT2D eigenvalue weighted by molar-refractivity contribution is -0.136. The zero-order chi connectivity index (χ0) is 23.9. The molecule has 0 saturated carbocycles. The van der Waals surface area contributed by atoms with Gasteiger partial charge in [0.25, 0.3) is 5.91 Å². The summed E-state index contributed by atoms with van der Waals surface area (Å²) >= 11 is 6.22. The normalized spacial score (nSPS) is 17.1. The van der Waals surface area contributed by atoms with Gasteiger partial charge in [0.15, 0.2) is 11.4 Å². The molecule has 5 nitrogen and oxygen atoms in total. The SMILES string of the molecule is Cc1ccc(CN2C(=O)[C@](O)(CC(=O)c3ccc(-n4cccc4)cc3)c3cc(Cl)ccc32)cc1. The number of hydrogen-bond donors (Lipinski definition) is 1. The first kappa shape index (κ1) is 22.1. The molecule has 6 heteroatoms. The van der Waals surface area contributed by atoms with Crippen LogP contribution >= 0.6 is 11.6 Å². The Labute approximate surface area is 202 Å². The average Bonchev–Trinajstić information content (AvgIpc) is 3.44. The van der Waals surface area contributed by atoms with E-state index >= 15 is 0 Å². The Bertz CT molecular complexity index is 1360. The van der Waals surface area contributed by atoms with Gasteiger partial charge in [0.1, 0.15) is 0 Å². The Morgan fingerprint density at radius 2 is 1.65 bits per heavy atom. The number of aryl methyl sites for hydroxylation is 1. The van der Waals surface area contributed by atoms with Gasteiger partial charge < -0.3 is 14.6 Å². The minimum Gasteiger partial charge on any atom is -0.375 e. The minimum absolute atomic E-state index is 0.288. The molecule has 3 aromatic carbocycles. The molecule has 1 N–H and O–H groups in total. The van der Waals surface area contributed by atoms with Gasteiger partial charge in [-0.2, -0.15) is 0 Å². The summed E-state index contributed by atoms with van der Waals surface area (Å²) in [7, 11) is 0. The number of aromatic nitrogens is 1. The topological polar surface area (TPSA) is 62.5 Å². The van der Waals surface area contributed by atoms with Crippen LogP contribution in [0.15, 0.2) is 91.3 Å². The third kappa shape index (κ3) is 3.94. The summed E-state index contributed by atoms with van der Waals surface area (Å²) in [6, 6.07) is 23.8. The molecular weight excluding hydrogens is 448 g/mol. The molecule has 0 unspecified atom stereocenters. The number of carbonyl (C=O) groups is 2. The molecule has 2 heterocycles. The molecule has 0 fully saturated rings. The van der Waals surface area contributed by atoms with Gasteiger partial charge in [-0.15, -0.1) is 0 Å². The highest BCUT2D eigenvalue weighted by Gasteiger charge is 2.51. The molecule has 0 radical (unpaired) electrons. The standard InChI is InChI=1S/C28H23ClN2O3/c1-19-4-6-20(7-5-19)18-31-25-13-10-22(29)16-24(25)28(34,27(31)33)17-26(32)21-8-11-23(12-9-21)30-14-2-3-15-30/h2-16,34H,17-18H2,1H3/t28-/m0/s1. The summed E-state index contributed by atoms with van der Waals surface area (Å²) in [6.07, 6.45) is 3.46. The van der Waals surface area contributed by atoms with Crippen molar-refractivity contribution in [3.05, 3.63) is 119 Å². The molecule has 0 saturated heterocycles. The number of carbonyl (C=O) groups excluding carboxylic acids is 2. The number of ketones is 1. The van der Waals surface area contributed by atoms with Gasteiger partial charge in [0.2, 0.25) is 0 Å². The predicted octanol–water partition coefficient (Wildman–Crippen LogP) is 5.45. The number of hydrogen-bond acceptors (Lipinski definition) is 3. The molecule has 0 spiro atoms. The highest BCUT2D eigenvalue weighted by Crippen LogP contribution is 2.44. The number of aliphatic hydroxyl groups is 1. The smallest absolute Gasteiger partial charge is 0.264 e. The third-order valence-corrected chi connectivity index (χ3v) is 6.50. The van der Waals surface area contributed by atoms with E-state index in [4.69, 9.17) is 11.6 Å². The van der Waals surface area contributed by atoms with Crippen molar-refractivity contribution in [1.29, 1.82) is 0 Å². The molecule has 34 heavy (non-hydrogen) atoms. The highest BCUT2D eigenvalue weighted by atomic mass is 35.5. The van der Waals surface area contributed by atoms with Crippen molar-refractivity contribution in [2.24, 2.45) is 0 Å². The molecule has 170 valence electrons. The van der Waals surface area contributed by atoms with Crippen LogP contribution in [0.4, 0.5) is 5.69 Å². The Kier molecular flexibility index (Phi) is 5.60. The van der Waals surface area contributed by atoms with Crippen molar-refractivity contribution in [2.75, 3.05) is 4.90 Å². The molecule has 0 aliphatic carbocycles. The summed E-state index contributed by atoms with van der Waals surface area (Å²) in [6.45, 7) is 2.29. The van der Waals surface area contributed by atoms with Crippen LogP contribution in [0.3, 0.4) is 0 Å². The van der Waals surface area contributed by atoms with Crippen LogP contribution in [0, 0.1) is 6.92 Å². The highest BCUT2D eigenvalue weighted by molar-refractivity contribution is 6.31. The zero-order valence-electron chi connectivity index (χ0n) is 18.6. The van der Waals surface area contributed by atoms with E-state index < -0.39 is 11.5 Å². The minimum atomic E-state index is -1.99. The van der Waals surface area contributed by atoms with E-state index in [0.29, 0.717) is 21.8 Å². The van der Waals surface area contributed by atoms with E-state index in [2.05, 4.69) is 0 Å². The number of Topliss-reactive ketones (excluding diaryl/α,β-unsaturated/α-hetero) is 1. The number of amides is 1. The van der Waals surface area contributed by atoms with Gasteiger partial charge in [0.05, 0.1) is 18.7 Å². The maximum absolute atomic E-state index is 13.5. The van der Waals surface area contributed by atoms with Gasteiger partial charge in [0, 0.05) is 34.2 Å². The number of halogens is 1. The van der Waals surface area contributed by atoms with Gasteiger partial charge in [-0.3, -0.25) is 9.59 Å². The molecule has 1 aliphatic heterocycles. The van der Waals surface area contributed by atoms with Gasteiger partial charge in [-0.05, 0) is 67.1 Å². The van der Waals surface area contributed by atoms with Crippen molar-refractivity contribution in [1.82, 2.24) is 4.57 Å². The molecule has 1 aliphatic rings. The monoisotopic (exact) mass is 470 g/mol. The fourth-order valence-corrected chi connectivity index (χ4v) is 4.56. The second-order valence-corrected chi connectivity index (χ2v) is 9.07. The Balaban J connectivity index is 1.44. The molecule has 5 rings (SSSR count). The van der Waals surface area contributed by atoms with Crippen LogP contribution in [0.25, 0.3) is 5.69 Å². The van der Waals surface area contributed by atoms with E-state index in [9.17, 15) is 14.7 Å². The van der Waals surface area contributed by atoms with Gasteiger partial charge in [-0.1, -0.05) is 41.4 Å². The Morgan fingerprint density at radius 3 is 2.32 bits per heavy atom. The fourth-order valence-electron chi connectivity index (χ4n) is 4.39. The number of nitrogens with zero attached hydrogens (tertiary/aromatic N) is 2. The lowest BCUT2D eigenvalue weighted by atomic mass is 9.88. The maximum Gasteiger partial charge on any atom is 0.264 e. The largest absolute Gasteiger partial charge is 0.375 e. The van der Waals surface area contributed by atoms with E-state index in [1.807, 2.05) is 72.4 Å². The summed E-state index contributed by atoms with van der Waals surface area (Å²) in [5.74, 6) is -0.847. The van der Waals surface area contributed by atoms with Crippen LogP contribution in [-0.4, -0.2) is 21.4 Å². The van der Waals surface area contributed by atoms with E-state index in [0.717, 1.165) is 16.8 Å². The van der Waals surface area contributed by atoms with Crippen molar-refractivity contribution in [3.63, 3.8) is 0 Å². The number of anilines is 1. The lowest BCUT2D eigenvalue weighted by Crippen LogP contribution is -2.41. The van der Waals surface area contributed by atoms with Crippen LogP contribution in [0.1, 0.15) is 33.5 Å². The van der Waals surface area contributed by atoms with Crippen molar-refractivity contribution in [3.8, 4) is 5.69 Å². The van der Waals surface area contributed by atoms with E-state index in [-0.39, 0.29) is 18.7 Å². The zero-order valence-corrected chi connectivity index (χ0v) is 19.4. The summed E-state index contributed by atoms with van der Waals surface area (Å²) in [5, 5.41) is 12.0. The first-order valence-electron chi connectivity index (χ1n) is 11.0. The molecule has 1 aromatic heterocycles. The average molecular weight is 471 g/mol. The third-order valence-electron chi connectivity index (χ3n) is 6.26. The first-order valence-corrected chi connectivity index (χ1v) is 11.4. The summed E-state index contributed by atoms with van der Waals surface area (Å²) in [4.78, 5) is 28.2. The number of benzene rings is 3. The van der Waals surface area contributed by atoms with E-state index in [1.165, 1.54) is 4.90 Å². The molecule has 1 atom stereocenters. The summed E-state index contributed by atoms with van der Waals surface area (Å²) in [5.41, 5.74) is 2.32. The first-order chi connectivity index (χ1) is 16.3. The van der Waals surface area contributed by atoms with Crippen LogP contribution in [-0.2, 0) is 16.9 Å². The molecule has 0 bridgehead atoms. The number of fused-ring (bicyclic) bond motifs is 1. The van der Waals surface area contributed by atoms with Crippen LogP contribution in [0.5, 0.6) is 0 Å². The maximum atomic E-state index is 13.5. The molecular formula is C28H23ClN2O3. The molecule has 1 amide bonds. The van der Waals surface area contributed by atoms with Crippen molar-refractivity contribution >= 4 is 29.0 Å². The van der Waals surface area contributed by atoms with Crippen LogP contribution < -0.4 is 4.90 Å². The second-order valence-electron chi connectivity index (χ2n) is 8.64. The second kappa shape index (κ2) is 8.60. The Morgan fingerprint density at radius 1 is 0.971 bits per heavy atom. The molecule has 4 aromatic rings. The van der Waals surface area contributed by atoms with Gasteiger partial charge in [-0.25, -0.2) is 0 Å². The lowest BCUT2D eigenvalue weighted by Gasteiger charge is -2.23. The van der Waals surface area contributed by atoms with Gasteiger partial charge >= 0.3 is 0 Å². The Hall–Kier alpha value is -3.67. The number of rotatable bonds is 6. The van der Waals surface area contributed by atoms with E-state index in [1.54, 1.807) is 30.3 Å². The summed E-state index contributed by atoms with van der Waals surface area (Å²) < 4.78 is 1.93.